The summed E-state index contributed by atoms with van der Waals surface area (Å²) in [4.78, 5) is 27.6. The van der Waals surface area contributed by atoms with E-state index in [0.29, 0.717) is 0 Å². The topological polar surface area (TPSA) is 65.5 Å². The summed E-state index contributed by atoms with van der Waals surface area (Å²) in [5.74, 6) is -37.5. The average molecular weight is 529 g/mol. The molecule has 6 nitrogen and oxygen atoms in total. The number of nitrogens with zero attached hydrogens (tertiary/aromatic N) is 3. The Balaban J connectivity index is 1.61. The van der Waals surface area contributed by atoms with Crippen LogP contribution < -0.4 is 10.2 Å². The maximum Gasteiger partial charge on any atom is 0.233 e. The number of piperazine rings is 1. The van der Waals surface area contributed by atoms with Gasteiger partial charge in [0.05, 0.1) is 30.2 Å². The quantitative estimate of drug-likeness (QED) is 0.586. The van der Waals surface area contributed by atoms with Gasteiger partial charge in [0.2, 0.25) is 11.8 Å². The van der Waals surface area contributed by atoms with E-state index in [0.717, 1.165) is 0 Å². The number of fused-ring (bicyclic) bond motifs is 6. The van der Waals surface area contributed by atoms with Gasteiger partial charge in [-0.1, -0.05) is 31.2 Å². The van der Waals surface area contributed by atoms with Gasteiger partial charge in [0, 0.05) is 71.7 Å². The van der Waals surface area contributed by atoms with E-state index in [4.69, 9.17) is 37.1 Å². The van der Waals surface area contributed by atoms with Crippen LogP contribution in [0.3, 0.4) is 0 Å². The van der Waals surface area contributed by atoms with Gasteiger partial charge >= 0.3 is 0 Å². The highest BCUT2D eigenvalue weighted by Gasteiger charge is 2.61. The molecule has 3 aliphatic carbocycles. The number of anilines is 1. The Morgan fingerprint density at radius 3 is 2.69 bits per heavy atom. The fourth-order valence-corrected chi connectivity index (χ4v) is 4.32. The first-order valence-corrected chi connectivity index (χ1v) is 10.6. The molecule has 2 aromatic rings. The minimum Gasteiger partial charge on any atom is -0.352 e. The summed E-state index contributed by atoms with van der Waals surface area (Å²) in [5.41, 5.74) is 0. The number of nitrogens with one attached hydrogen (secondary N) is 1. The summed E-state index contributed by atoms with van der Waals surface area (Å²) in [6.45, 7) is -19.3. The van der Waals surface area contributed by atoms with Crippen LogP contribution in [0.4, 0.5) is 5.82 Å². The molecule has 5 aliphatic rings. The molecule has 7 atom stereocenters. The number of benzene rings is 1. The minimum absolute atomic E-state index is 0.0467. The molecule has 2 aliphatic heterocycles. The Morgan fingerprint density at radius 1 is 1.14 bits per heavy atom. The number of imide groups is 1. The van der Waals surface area contributed by atoms with Crippen LogP contribution in [0, 0.1) is 35.4 Å². The molecule has 2 amide bonds. The molecule has 7 rings (SSSR count). The molecule has 2 bridgehead atoms. The number of amides is 2. The lowest BCUT2D eigenvalue weighted by molar-refractivity contribution is -0.142. The molecule has 0 spiro atoms. The summed E-state index contributed by atoms with van der Waals surface area (Å²) in [6.07, 6.45) is -39.3. The summed E-state index contributed by atoms with van der Waals surface area (Å²) < 4.78 is 324. The molecule has 7 heteroatoms. The van der Waals surface area contributed by atoms with Crippen LogP contribution in [0.1, 0.15) is 99.0 Å². The molecule has 5 fully saturated rings. The Kier molecular flexibility index (Phi) is 1.52. The van der Waals surface area contributed by atoms with E-state index in [2.05, 4.69) is 4.37 Å². The average Bonchev–Trinajstić information content (AvgIpc) is 3.76. The van der Waals surface area contributed by atoms with Crippen LogP contribution in [-0.4, -0.2) is 53.1 Å². The number of carbonyl (C=O) groups is 2. The number of hydrogen-bond acceptors (Lipinski definition) is 6. The zero-order valence-electron chi connectivity index (χ0n) is 53.0. The van der Waals surface area contributed by atoms with Crippen LogP contribution in [0.15, 0.2) is 24.2 Å². The standard InChI is InChI=1S/C28H36N4O2S/c33-27-24-18-9-10-19(13-18)25(24)28(34)32(27)15-20-6-2-1-5-17(20)14-21-16-31(12-11-29-21)26-22-7-3-4-8-23(22)35-30-26/h3-4,7-8,17-21,24-25,29H,1-2,5-6,9-16H2/t17-,18-,19?,20-,21+,24+,25-/m0/s1/i1D2,2D2,3D,4D,5D2,6D2,7D,8D,9D2,10D2,11D2,12D2,13D2,14D2,15D2,16D2,17D,18D,19D,20D,21D,24D,25D/hD. The number of rotatable bonds is 5. The number of hydrogen-bond donors (Lipinski definition) is 1. The molecular weight excluding hydrogens is 456 g/mol. The molecule has 35 heavy (non-hydrogen) atoms. The summed E-state index contributed by atoms with van der Waals surface area (Å²) in [5, 5.41) is -2.31. The predicted molar refractivity (Wildman–Crippen MR) is 138 cm³/mol. The smallest absolute Gasteiger partial charge is 0.233 e. The van der Waals surface area contributed by atoms with E-state index in [9.17, 15) is 21.9 Å². The lowest BCUT2D eigenvalue weighted by Gasteiger charge is -2.39. The van der Waals surface area contributed by atoms with Crippen molar-refractivity contribution in [1.29, 1.82) is 0 Å². The second-order valence-electron chi connectivity index (χ2n) is 7.15. The second-order valence-corrected chi connectivity index (χ2v) is 7.92. The largest absolute Gasteiger partial charge is 0.352 e. The lowest BCUT2D eigenvalue weighted by atomic mass is 9.75. The Hall–Kier alpha value is -1.99. The Labute approximate surface area is 262 Å². The van der Waals surface area contributed by atoms with Crippen molar-refractivity contribution >= 4 is 39.3 Å². The van der Waals surface area contributed by atoms with Crippen molar-refractivity contribution in [3.05, 3.63) is 24.2 Å². The van der Waals surface area contributed by atoms with Gasteiger partial charge in [-0.2, -0.15) is 4.37 Å². The molecular formula is C28H36N4O2S. The van der Waals surface area contributed by atoms with E-state index < -0.39 is 185 Å². The first-order valence-electron chi connectivity index (χ1n) is 27.8. The fourth-order valence-electron chi connectivity index (χ4n) is 3.64. The molecule has 3 saturated carbocycles. The number of carbonyl (C=O) groups excluding carboxylic acids is 2. The van der Waals surface area contributed by atoms with Crippen LogP contribution >= 0.6 is 11.5 Å². The second kappa shape index (κ2) is 8.84. The summed E-state index contributed by atoms with van der Waals surface area (Å²) in [7, 11) is 0. The third-order valence-electron chi connectivity index (χ3n) is 5.16. The molecule has 2 saturated heterocycles. The molecule has 1 aromatic heterocycles. The highest BCUT2D eigenvalue weighted by atomic mass is 32.1. The number of aromatic nitrogens is 1. The molecule has 1 unspecified atom stereocenters. The Morgan fingerprint density at radius 2 is 1.89 bits per heavy atom. The third kappa shape index (κ3) is 3.72. The van der Waals surface area contributed by atoms with Crippen LogP contribution in [0.5, 0.6) is 0 Å². The summed E-state index contributed by atoms with van der Waals surface area (Å²) >= 11 is 0.0467. The minimum atomic E-state index is -5.79. The van der Waals surface area contributed by atoms with Crippen molar-refractivity contribution in [2.75, 3.05) is 30.9 Å². The SMILES string of the molecule is [2H]c1c([2H])c([2H])c2c(N3C([2H])([2H])C([2H])([2H])N([2H])[C@]([2H])(C([2H])([2H])[C@]4([2H])C([2H])([2H])C([2H])([2H])C([2H])([2H])C([2H])([2H])[C@@]4([2H])C([2H])([2H])N4C(=O)[C@]5([2H])[C@@]6([2H])C([2H])([2H])C([2H])([2H])C([2H])(C6([2H])[2H])[C@]5([2H])C4=O)C3([2H])[2H])nsc2c1[2H]. The van der Waals surface area contributed by atoms with E-state index in [1.54, 1.807) is 0 Å². The zero-order chi connectivity index (χ0) is 55.8. The van der Waals surface area contributed by atoms with Gasteiger partial charge in [0.25, 0.3) is 0 Å². The maximum atomic E-state index is 14.8. The van der Waals surface area contributed by atoms with Crippen molar-refractivity contribution < 1.29 is 59.0 Å². The van der Waals surface area contributed by atoms with Gasteiger partial charge in [-0.15, -0.1) is 0 Å². The first kappa shape index (κ1) is 6.01. The van der Waals surface area contributed by atoms with Crippen LogP contribution in [0.25, 0.3) is 10.1 Å². The lowest BCUT2D eigenvalue weighted by Crippen LogP contribution is -2.52. The molecule has 1 aromatic carbocycles. The molecule has 186 valence electrons. The van der Waals surface area contributed by atoms with Gasteiger partial charge < -0.3 is 10.2 Å². The van der Waals surface area contributed by atoms with E-state index in [1.807, 2.05) is 0 Å². The zero-order valence-corrected chi connectivity index (χ0v) is 17.8. The van der Waals surface area contributed by atoms with E-state index in [-0.39, 0.29) is 11.5 Å². The fraction of sp³-hybridized carbons (Fsp3) is 0.679. The van der Waals surface area contributed by atoms with Crippen molar-refractivity contribution in [2.24, 2.45) is 35.4 Å². The van der Waals surface area contributed by atoms with Crippen molar-refractivity contribution in [3.63, 3.8) is 0 Å². The van der Waals surface area contributed by atoms with Crippen LogP contribution in [0.2, 0.25) is 1.41 Å². The van der Waals surface area contributed by atoms with Gasteiger partial charge in [0.1, 0.15) is 7.23 Å². The van der Waals surface area contributed by atoms with Gasteiger partial charge in [-0.05, 0) is 79.1 Å². The number of likely N-dealkylation sites (tertiary alicyclic amines) is 1. The molecule has 3 heterocycles. The monoisotopic (exact) mass is 528 g/mol. The normalized spacial score (nSPS) is 82.5. The van der Waals surface area contributed by atoms with Crippen molar-refractivity contribution in [2.45, 2.75) is 57.0 Å². The van der Waals surface area contributed by atoms with Gasteiger partial charge in [0.15, 0.2) is 0 Å². The van der Waals surface area contributed by atoms with E-state index >= 15 is 0 Å². The highest BCUT2D eigenvalue weighted by Crippen LogP contribution is 2.56. The predicted octanol–water partition coefficient (Wildman–Crippen LogP) is 4.30. The van der Waals surface area contributed by atoms with Gasteiger partial charge in [-0.25, -0.2) is 0 Å². The summed E-state index contributed by atoms with van der Waals surface area (Å²) in [6, 6.07) is -9.48. The van der Waals surface area contributed by atoms with Crippen molar-refractivity contribution in [1.82, 2.24) is 14.6 Å². The first-order chi connectivity index (χ1) is 31.0. The third-order valence-corrected chi connectivity index (χ3v) is 5.91. The Bertz CT molecular complexity index is 2710. The molecule has 1 N–H and O–H groups in total. The maximum absolute atomic E-state index is 14.8. The molecule has 0 radical (unpaired) electrons. The highest BCUT2D eigenvalue weighted by molar-refractivity contribution is 7.13. The van der Waals surface area contributed by atoms with E-state index in [1.165, 1.54) is 0 Å². The van der Waals surface area contributed by atoms with Crippen molar-refractivity contribution in [3.8, 4) is 0 Å². The van der Waals surface area contributed by atoms with Gasteiger partial charge in [-0.3, -0.25) is 14.5 Å². The van der Waals surface area contributed by atoms with Crippen LogP contribution in [-0.2, 0) is 9.59 Å².